The maximum atomic E-state index is 12.3. The standard InChI is InChI=1S/C20H20N4O5S/c1-2-10-24-16-11-14(8-9-17(16)28-13-19(24)25)20-22-18(29-23-20)12-21-30(26,27)15-6-4-3-5-7-15/h3-9,11,21H,2,10,12-13H2,1H3. The van der Waals surface area contributed by atoms with Gasteiger partial charge in [0.2, 0.25) is 21.7 Å². The van der Waals surface area contributed by atoms with Gasteiger partial charge in [-0.05, 0) is 36.8 Å². The minimum absolute atomic E-state index is 0.0141. The first-order valence-electron chi connectivity index (χ1n) is 9.43. The van der Waals surface area contributed by atoms with E-state index >= 15 is 0 Å². The number of anilines is 1. The number of aromatic nitrogens is 2. The number of carbonyl (C=O) groups excluding carboxylic acids is 1. The van der Waals surface area contributed by atoms with Gasteiger partial charge in [-0.25, -0.2) is 13.1 Å². The summed E-state index contributed by atoms with van der Waals surface area (Å²) in [6, 6.07) is 13.3. The van der Waals surface area contributed by atoms with Gasteiger partial charge in [0.15, 0.2) is 6.61 Å². The molecule has 1 N–H and O–H groups in total. The zero-order valence-corrected chi connectivity index (χ0v) is 17.1. The van der Waals surface area contributed by atoms with Gasteiger partial charge in [-0.1, -0.05) is 30.3 Å². The van der Waals surface area contributed by atoms with Crippen LogP contribution < -0.4 is 14.4 Å². The van der Waals surface area contributed by atoms with Gasteiger partial charge in [0.25, 0.3) is 5.91 Å². The molecule has 0 saturated carbocycles. The molecule has 30 heavy (non-hydrogen) atoms. The molecular weight excluding hydrogens is 408 g/mol. The lowest BCUT2D eigenvalue weighted by Gasteiger charge is -2.29. The molecule has 1 aliphatic heterocycles. The molecule has 0 bridgehead atoms. The Balaban J connectivity index is 1.53. The Labute approximate surface area is 173 Å². The molecule has 1 aliphatic rings. The van der Waals surface area contributed by atoms with Gasteiger partial charge in [-0.15, -0.1) is 0 Å². The van der Waals surface area contributed by atoms with E-state index < -0.39 is 10.0 Å². The molecule has 1 aromatic heterocycles. The van der Waals surface area contributed by atoms with Crippen molar-refractivity contribution in [2.45, 2.75) is 24.8 Å². The normalized spacial score (nSPS) is 13.8. The van der Waals surface area contributed by atoms with Gasteiger partial charge in [0.1, 0.15) is 5.75 Å². The summed E-state index contributed by atoms with van der Waals surface area (Å²) < 4.78 is 37.8. The Morgan fingerprint density at radius 1 is 1.17 bits per heavy atom. The van der Waals surface area contributed by atoms with Crippen LogP contribution in [0.25, 0.3) is 11.4 Å². The smallest absolute Gasteiger partial charge is 0.265 e. The van der Waals surface area contributed by atoms with E-state index in [0.717, 1.165) is 6.42 Å². The number of hydrogen-bond donors (Lipinski definition) is 1. The number of nitrogens with zero attached hydrogens (tertiary/aromatic N) is 3. The quantitative estimate of drug-likeness (QED) is 0.614. The average Bonchev–Trinajstić information content (AvgIpc) is 3.24. The van der Waals surface area contributed by atoms with Crippen LogP contribution in [0.2, 0.25) is 0 Å². The molecule has 1 amide bonds. The van der Waals surface area contributed by atoms with Crippen molar-refractivity contribution in [2.75, 3.05) is 18.1 Å². The highest BCUT2D eigenvalue weighted by atomic mass is 32.2. The van der Waals surface area contributed by atoms with Crippen molar-refractivity contribution in [2.24, 2.45) is 0 Å². The molecule has 0 unspecified atom stereocenters. The molecular formula is C20H20N4O5S. The number of carbonyl (C=O) groups is 1. The third kappa shape index (κ3) is 4.05. The number of fused-ring (bicyclic) bond motifs is 1. The van der Waals surface area contributed by atoms with E-state index in [-0.39, 0.29) is 29.8 Å². The molecule has 3 aromatic rings. The lowest BCUT2D eigenvalue weighted by molar-refractivity contribution is -0.121. The first kappa shape index (κ1) is 20.0. The summed E-state index contributed by atoms with van der Waals surface area (Å²) in [5.41, 5.74) is 1.29. The topological polar surface area (TPSA) is 115 Å². The average molecular weight is 428 g/mol. The fraction of sp³-hybridized carbons (Fsp3) is 0.250. The van der Waals surface area contributed by atoms with E-state index in [0.29, 0.717) is 29.4 Å². The second-order valence-corrected chi connectivity index (χ2v) is 8.43. The highest BCUT2D eigenvalue weighted by Gasteiger charge is 2.26. The second kappa shape index (κ2) is 8.25. The molecule has 0 radical (unpaired) electrons. The number of rotatable bonds is 7. The van der Waals surface area contributed by atoms with Crippen molar-refractivity contribution in [3.05, 3.63) is 54.4 Å². The van der Waals surface area contributed by atoms with Crippen LogP contribution >= 0.6 is 0 Å². The number of benzene rings is 2. The van der Waals surface area contributed by atoms with Gasteiger partial charge < -0.3 is 14.2 Å². The van der Waals surface area contributed by atoms with Crippen molar-refractivity contribution in [1.29, 1.82) is 0 Å². The van der Waals surface area contributed by atoms with Gasteiger partial charge >= 0.3 is 0 Å². The molecule has 0 saturated heterocycles. The zero-order valence-electron chi connectivity index (χ0n) is 16.2. The summed E-state index contributed by atoms with van der Waals surface area (Å²) in [7, 11) is -3.68. The van der Waals surface area contributed by atoms with Crippen molar-refractivity contribution >= 4 is 21.6 Å². The Bertz CT molecular complexity index is 1160. The monoisotopic (exact) mass is 428 g/mol. The van der Waals surface area contributed by atoms with Gasteiger partial charge in [0.05, 0.1) is 17.1 Å². The predicted octanol–water partition coefficient (Wildman–Crippen LogP) is 2.35. The van der Waals surface area contributed by atoms with Crippen LogP contribution in [0.1, 0.15) is 19.2 Å². The maximum absolute atomic E-state index is 12.3. The van der Waals surface area contributed by atoms with Gasteiger partial charge in [0, 0.05) is 12.1 Å². The Morgan fingerprint density at radius 3 is 2.73 bits per heavy atom. The maximum Gasteiger partial charge on any atom is 0.265 e. The number of amides is 1. The fourth-order valence-electron chi connectivity index (χ4n) is 3.09. The molecule has 0 aliphatic carbocycles. The van der Waals surface area contributed by atoms with Crippen LogP contribution in [-0.4, -0.2) is 37.6 Å². The van der Waals surface area contributed by atoms with Crippen molar-refractivity contribution in [3.63, 3.8) is 0 Å². The van der Waals surface area contributed by atoms with E-state index in [1.54, 1.807) is 41.3 Å². The minimum Gasteiger partial charge on any atom is -0.482 e. The summed E-state index contributed by atoms with van der Waals surface area (Å²) in [5.74, 6) is 0.929. The predicted molar refractivity (Wildman–Crippen MR) is 108 cm³/mol. The molecule has 2 heterocycles. The molecule has 0 spiro atoms. The minimum atomic E-state index is -3.68. The van der Waals surface area contributed by atoms with Crippen molar-refractivity contribution < 1.29 is 22.5 Å². The van der Waals surface area contributed by atoms with E-state index in [1.165, 1.54) is 12.1 Å². The molecule has 156 valence electrons. The number of ether oxygens (including phenoxy) is 1. The number of sulfonamides is 1. The Morgan fingerprint density at radius 2 is 1.97 bits per heavy atom. The summed E-state index contributed by atoms with van der Waals surface area (Å²) in [6.07, 6.45) is 0.809. The molecule has 4 rings (SSSR count). The van der Waals surface area contributed by atoms with E-state index in [4.69, 9.17) is 9.26 Å². The number of nitrogens with one attached hydrogen (secondary N) is 1. The molecule has 9 nitrogen and oxygen atoms in total. The van der Waals surface area contributed by atoms with Crippen LogP contribution in [-0.2, 0) is 21.4 Å². The van der Waals surface area contributed by atoms with E-state index in [1.807, 2.05) is 6.92 Å². The Kier molecular flexibility index (Phi) is 5.51. The van der Waals surface area contributed by atoms with E-state index in [9.17, 15) is 13.2 Å². The lowest BCUT2D eigenvalue weighted by atomic mass is 10.1. The molecule has 0 atom stereocenters. The highest BCUT2D eigenvalue weighted by Crippen LogP contribution is 2.35. The Hall–Kier alpha value is -3.24. The summed E-state index contributed by atoms with van der Waals surface area (Å²) in [4.78, 5) is 18.3. The second-order valence-electron chi connectivity index (χ2n) is 6.67. The summed E-state index contributed by atoms with van der Waals surface area (Å²) >= 11 is 0. The highest BCUT2D eigenvalue weighted by molar-refractivity contribution is 7.89. The van der Waals surface area contributed by atoms with Crippen LogP contribution in [0.15, 0.2) is 57.9 Å². The lowest BCUT2D eigenvalue weighted by Crippen LogP contribution is -2.39. The van der Waals surface area contributed by atoms with Crippen LogP contribution in [0.4, 0.5) is 5.69 Å². The molecule has 2 aromatic carbocycles. The largest absolute Gasteiger partial charge is 0.482 e. The molecule has 0 fully saturated rings. The SMILES string of the molecule is CCCN1C(=O)COc2ccc(-c3noc(CNS(=O)(=O)c4ccccc4)n3)cc21. The van der Waals surface area contributed by atoms with Crippen molar-refractivity contribution in [3.8, 4) is 17.1 Å². The fourth-order valence-corrected chi connectivity index (χ4v) is 4.09. The zero-order chi connectivity index (χ0) is 21.1. The van der Waals surface area contributed by atoms with Gasteiger partial charge in [-0.3, -0.25) is 4.79 Å². The summed E-state index contributed by atoms with van der Waals surface area (Å²) in [6.45, 7) is 2.45. The van der Waals surface area contributed by atoms with Crippen LogP contribution in [0, 0.1) is 0 Å². The third-order valence-corrected chi connectivity index (χ3v) is 5.96. The number of hydrogen-bond acceptors (Lipinski definition) is 7. The van der Waals surface area contributed by atoms with Crippen LogP contribution in [0.3, 0.4) is 0 Å². The van der Waals surface area contributed by atoms with Crippen molar-refractivity contribution in [1.82, 2.24) is 14.9 Å². The van der Waals surface area contributed by atoms with Crippen LogP contribution in [0.5, 0.6) is 5.75 Å². The summed E-state index contributed by atoms with van der Waals surface area (Å²) in [5, 5.41) is 3.93. The molecule has 10 heteroatoms. The van der Waals surface area contributed by atoms with E-state index in [2.05, 4.69) is 14.9 Å². The first-order valence-corrected chi connectivity index (χ1v) is 10.9. The van der Waals surface area contributed by atoms with Gasteiger partial charge in [-0.2, -0.15) is 4.98 Å². The first-order chi connectivity index (χ1) is 14.5. The third-order valence-electron chi connectivity index (χ3n) is 4.54.